The molecular weight excluding hydrogens is 262 g/mol. The number of rotatable bonds is 6. The van der Waals surface area contributed by atoms with Crippen LogP contribution in [0.1, 0.15) is 18.1 Å². The molecule has 3 heteroatoms. The van der Waals surface area contributed by atoms with Crippen molar-refractivity contribution in [2.75, 3.05) is 13.7 Å². The van der Waals surface area contributed by atoms with E-state index in [-0.39, 0.29) is 5.97 Å². The number of esters is 1. The number of methoxy groups -OCH3 is 1. The van der Waals surface area contributed by atoms with E-state index in [1.54, 1.807) is 0 Å². The van der Waals surface area contributed by atoms with Crippen molar-refractivity contribution in [1.82, 2.24) is 5.32 Å². The fraction of sp³-hybridized carbons (Fsp3) is 0.278. The van der Waals surface area contributed by atoms with Crippen LogP contribution in [0, 0.1) is 0 Å². The first-order valence-electron chi connectivity index (χ1n) is 7.16. The smallest absolute Gasteiger partial charge is 0.331 e. The molecule has 1 N–H and O–H groups in total. The van der Waals surface area contributed by atoms with Gasteiger partial charge >= 0.3 is 5.97 Å². The van der Waals surface area contributed by atoms with Crippen LogP contribution in [0.2, 0.25) is 0 Å². The van der Waals surface area contributed by atoms with Crippen molar-refractivity contribution in [3.8, 4) is 0 Å². The summed E-state index contributed by atoms with van der Waals surface area (Å²) in [5, 5.41) is 3.34. The third kappa shape index (κ3) is 3.31. The lowest BCUT2D eigenvalue weighted by Gasteiger charge is -2.32. The van der Waals surface area contributed by atoms with Gasteiger partial charge in [-0.15, -0.1) is 0 Å². The Morgan fingerprint density at radius 1 is 1.05 bits per heavy atom. The molecule has 0 amide bonds. The summed E-state index contributed by atoms with van der Waals surface area (Å²) >= 11 is 0. The van der Waals surface area contributed by atoms with Gasteiger partial charge in [0.15, 0.2) is 0 Å². The first-order valence-corrected chi connectivity index (χ1v) is 7.16. The lowest BCUT2D eigenvalue weighted by molar-refractivity contribution is -0.149. The molecule has 0 spiro atoms. The van der Waals surface area contributed by atoms with Gasteiger partial charge in [0, 0.05) is 6.42 Å². The maximum Gasteiger partial charge on any atom is 0.331 e. The minimum atomic E-state index is -0.855. The van der Waals surface area contributed by atoms with Crippen LogP contribution in [0.5, 0.6) is 0 Å². The van der Waals surface area contributed by atoms with E-state index in [1.165, 1.54) is 7.11 Å². The van der Waals surface area contributed by atoms with Crippen molar-refractivity contribution in [2.24, 2.45) is 0 Å². The van der Waals surface area contributed by atoms with Crippen LogP contribution in [-0.2, 0) is 21.5 Å². The van der Waals surface area contributed by atoms with Crippen LogP contribution in [-0.4, -0.2) is 19.6 Å². The number of carbonyl (C=O) groups is 1. The summed E-state index contributed by atoms with van der Waals surface area (Å²) in [5.41, 5.74) is 1.15. The van der Waals surface area contributed by atoms with Gasteiger partial charge in [-0.25, -0.2) is 4.79 Å². The second-order valence-electron chi connectivity index (χ2n) is 4.96. The Morgan fingerprint density at radius 2 is 1.62 bits per heavy atom. The monoisotopic (exact) mass is 283 g/mol. The molecule has 3 nitrogen and oxygen atoms in total. The number of nitrogens with one attached hydrogen (secondary N) is 1. The Hall–Kier alpha value is -2.13. The lowest BCUT2D eigenvalue weighted by atomic mass is 9.83. The largest absolute Gasteiger partial charge is 0.467 e. The van der Waals surface area contributed by atoms with Gasteiger partial charge in [0.05, 0.1) is 7.11 Å². The molecule has 110 valence electrons. The Morgan fingerprint density at radius 3 is 2.14 bits per heavy atom. The van der Waals surface area contributed by atoms with Gasteiger partial charge in [0.1, 0.15) is 5.54 Å². The summed E-state index contributed by atoms with van der Waals surface area (Å²) in [6, 6.07) is 19.7. The molecular formula is C18H21NO2. The molecule has 0 heterocycles. The van der Waals surface area contributed by atoms with Crippen molar-refractivity contribution < 1.29 is 9.53 Å². The number of carbonyl (C=O) groups excluding carboxylic acids is 1. The number of hydrogen-bond donors (Lipinski definition) is 1. The van der Waals surface area contributed by atoms with Gasteiger partial charge in [-0.2, -0.15) is 0 Å². The van der Waals surface area contributed by atoms with Gasteiger partial charge < -0.3 is 4.74 Å². The predicted molar refractivity (Wildman–Crippen MR) is 84.0 cm³/mol. The molecule has 0 bridgehead atoms. The van der Waals surface area contributed by atoms with Crippen LogP contribution in [0.15, 0.2) is 60.7 Å². The van der Waals surface area contributed by atoms with Gasteiger partial charge in [0.25, 0.3) is 0 Å². The van der Waals surface area contributed by atoms with E-state index in [9.17, 15) is 4.79 Å². The standard InChI is InChI=1S/C18H21NO2/c1-3-19-18(17(20)21-2,16-12-8-5-9-13-16)14-15-10-6-4-7-11-15/h4-13,19H,3,14H2,1-2H3. The Bertz CT molecular complexity index is 568. The van der Waals surface area contributed by atoms with Crippen LogP contribution in [0.4, 0.5) is 0 Å². The fourth-order valence-corrected chi connectivity index (χ4v) is 2.63. The first kappa shape index (κ1) is 15.3. The zero-order chi connectivity index (χ0) is 15.1. The lowest BCUT2D eigenvalue weighted by Crippen LogP contribution is -2.51. The molecule has 2 aromatic rings. The third-order valence-electron chi connectivity index (χ3n) is 3.59. The van der Waals surface area contributed by atoms with Crippen molar-refractivity contribution in [1.29, 1.82) is 0 Å². The molecule has 2 aromatic carbocycles. The van der Waals surface area contributed by atoms with Crippen LogP contribution < -0.4 is 5.32 Å². The molecule has 2 rings (SSSR count). The van der Waals surface area contributed by atoms with E-state index in [1.807, 2.05) is 67.6 Å². The summed E-state index contributed by atoms with van der Waals surface area (Å²) in [6.07, 6.45) is 0.554. The van der Waals surface area contributed by atoms with E-state index in [2.05, 4.69) is 5.32 Å². The Labute approximate surface area is 126 Å². The average molecular weight is 283 g/mol. The maximum atomic E-state index is 12.5. The van der Waals surface area contributed by atoms with E-state index in [0.29, 0.717) is 13.0 Å². The van der Waals surface area contributed by atoms with Crippen molar-refractivity contribution >= 4 is 5.97 Å². The van der Waals surface area contributed by atoms with Crippen LogP contribution in [0.25, 0.3) is 0 Å². The van der Waals surface area contributed by atoms with Gasteiger partial charge in [-0.3, -0.25) is 5.32 Å². The number of ether oxygens (including phenoxy) is 1. The molecule has 0 fully saturated rings. The molecule has 0 saturated heterocycles. The van der Waals surface area contributed by atoms with E-state index in [4.69, 9.17) is 4.74 Å². The van der Waals surface area contributed by atoms with Crippen LogP contribution in [0.3, 0.4) is 0 Å². The highest BCUT2D eigenvalue weighted by atomic mass is 16.5. The molecule has 0 aliphatic rings. The maximum absolute atomic E-state index is 12.5. The first-order chi connectivity index (χ1) is 10.2. The van der Waals surface area contributed by atoms with E-state index in [0.717, 1.165) is 11.1 Å². The minimum absolute atomic E-state index is 0.264. The molecule has 0 radical (unpaired) electrons. The normalized spacial score (nSPS) is 13.4. The molecule has 0 aliphatic carbocycles. The number of benzene rings is 2. The number of likely N-dealkylation sites (N-methyl/N-ethyl adjacent to an activating group) is 1. The van der Waals surface area contributed by atoms with E-state index < -0.39 is 5.54 Å². The molecule has 21 heavy (non-hydrogen) atoms. The quantitative estimate of drug-likeness (QED) is 0.828. The van der Waals surface area contributed by atoms with Crippen molar-refractivity contribution in [3.63, 3.8) is 0 Å². The predicted octanol–water partition coefficient (Wildman–Crippen LogP) is 2.91. The van der Waals surface area contributed by atoms with Gasteiger partial charge in [-0.1, -0.05) is 67.6 Å². The summed E-state index contributed by atoms with van der Waals surface area (Å²) < 4.78 is 5.09. The summed E-state index contributed by atoms with van der Waals surface area (Å²) in [4.78, 5) is 12.5. The highest BCUT2D eigenvalue weighted by molar-refractivity contribution is 5.83. The number of hydrogen-bond acceptors (Lipinski definition) is 3. The van der Waals surface area contributed by atoms with Crippen molar-refractivity contribution in [2.45, 2.75) is 18.9 Å². The second-order valence-corrected chi connectivity index (χ2v) is 4.96. The second kappa shape index (κ2) is 7.04. The highest BCUT2D eigenvalue weighted by Crippen LogP contribution is 2.27. The van der Waals surface area contributed by atoms with Crippen molar-refractivity contribution in [3.05, 3.63) is 71.8 Å². The fourth-order valence-electron chi connectivity index (χ4n) is 2.63. The zero-order valence-corrected chi connectivity index (χ0v) is 12.5. The minimum Gasteiger partial charge on any atom is -0.467 e. The zero-order valence-electron chi connectivity index (χ0n) is 12.5. The topological polar surface area (TPSA) is 38.3 Å². The summed E-state index contributed by atoms with van der Waals surface area (Å²) in [6.45, 7) is 2.67. The molecule has 0 saturated carbocycles. The third-order valence-corrected chi connectivity index (χ3v) is 3.59. The van der Waals surface area contributed by atoms with Gasteiger partial charge in [0.2, 0.25) is 0 Å². The Balaban J connectivity index is 2.48. The summed E-state index contributed by atoms with van der Waals surface area (Å²) in [7, 11) is 1.43. The van der Waals surface area contributed by atoms with Crippen LogP contribution >= 0.6 is 0 Å². The summed E-state index contributed by atoms with van der Waals surface area (Å²) in [5.74, 6) is -0.264. The molecule has 1 unspecified atom stereocenters. The van der Waals surface area contributed by atoms with E-state index >= 15 is 0 Å². The molecule has 0 aliphatic heterocycles. The Kier molecular flexibility index (Phi) is 5.12. The SMILES string of the molecule is CCNC(Cc1ccccc1)(C(=O)OC)c1ccccc1. The van der Waals surface area contributed by atoms with Gasteiger partial charge in [-0.05, 0) is 17.7 Å². The molecule has 1 atom stereocenters. The molecule has 0 aromatic heterocycles. The highest BCUT2D eigenvalue weighted by Gasteiger charge is 2.40. The average Bonchev–Trinajstić information content (AvgIpc) is 2.55.